The van der Waals surface area contributed by atoms with Crippen molar-refractivity contribution in [1.29, 1.82) is 0 Å². The number of hydrogen-bond acceptors (Lipinski definition) is 3. The van der Waals surface area contributed by atoms with Crippen molar-refractivity contribution in [2.24, 2.45) is 0 Å². The van der Waals surface area contributed by atoms with Crippen molar-refractivity contribution >= 4 is 5.91 Å². The Morgan fingerprint density at radius 2 is 2.30 bits per heavy atom. The van der Waals surface area contributed by atoms with E-state index in [2.05, 4.69) is 17.4 Å². The summed E-state index contributed by atoms with van der Waals surface area (Å²) in [5, 5.41) is 2.93. The lowest BCUT2D eigenvalue weighted by atomic mass is 10.0. The number of carbonyl (C=O) groups is 1. The second kappa shape index (κ2) is 5.41. The number of hydrogen-bond donors (Lipinski definition) is 1. The third kappa shape index (κ3) is 2.69. The molecule has 1 aromatic carbocycles. The van der Waals surface area contributed by atoms with Gasteiger partial charge in [-0.15, -0.1) is 0 Å². The van der Waals surface area contributed by atoms with Crippen molar-refractivity contribution < 1.29 is 13.9 Å². The van der Waals surface area contributed by atoms with Gasteiger partial charge < -0.3 is 14.5 Å². The highest BCUT2D eigenvalue weighted by atomic mass is 16.5. The second-order valence-corrected chi connectivity index (χ2v) is 5.10. The summed E-state index contributed by atoms with van der Waals surface area (Å²) >= 11 is 0. The van der Waals surface area contributed by atoms with Crippen molar-refractivity contribution in [3.63, 3.8) is 0 Å². The Balaban J connectivity index is 1.61. The van der Waals surface area contributed by atoms with Gasteiger partial charge >= 0.3 is 0 Å². The van der Waals surface area contributed by atoms with Gasteiger partial charge in [0.2, 0.25) is 0 Å². The first kappa shape index (κ1) is 12.8. The van der Waals surface area contributed by atoms with Crippen LogP contribution in [0.3, 0.4) is 0 Å². The van der Waals surface area contributed by atoms with Gasteiger partial charge in [-0.2, -0.15) is 0 Å². The summed E-state index contributed by atoms with van der Waals surface area (Å²) in [6.45, 7) is 2.76. The van der Waals surface area contributed by atoms with E-state index >= 15 is 0 Å². The van der Waals surface area contributed by atoms with Gasteiger partial charge in [-0.05, 0) is 42.7 Å². The van der Waals surface area contributed by atoms with Crippen LogP contribution in [0, 0.1) is 0 Å². The van der Waals surface area contributed by atoms with Crippen LogP contribution >= 0.6 is 0 Å². The third-order valence-electron chi connectivity index (χ3n) is 3.42. The van der Waals surface area contributed by atoms with E-state index in [1.54, 1.807) is 12.1 Å². The molecule has 1 atom stereocenters. The van der Waals surface area contributed by atoms with Crippen LogP contribution in [0.5, 0.6) is 5.75 Å². The number of carbonyl (C=O) groups excluding carboxylic acids is 1. The molecular weight excluding hydrogens is 254 g/mol. The maximum Gasteiger partial charge on any atom is 0.287 e. The Labute approximate surface area is 117 Å². The van der Waals surface area contributed by atoms with Crippen molar-refractivity contribution in [3.8, 4) is 5.75 Å². The smallest absolute Gasteiger partial charge is 0.287 e. The molecule has 0 saturated heterocycles. The Bertz CT molecular complexity index is 604. The number of benzene rings is 1. The van der Waals surface area contributed by atoms with E-state index in [1.807, 2.05) is 13.0 Å². The van der Waals surface area contributed by atoms with Crippen molar-refractivity contribution in [2.75, 3.05) is 6.61 Å². The third-order valence-corrected chi connectivity index (χ3v) is 3.42. The Kier molecular flexibility index (Phi) is 3.46. The highest BCUT2D eigenvalue weighted by Crippen LogP contribution is 2.26. The number of nitrogens with one attached hydrogen (secondary N) is 1. The molecule has 0 unspecified atom stereocenters. The lowest BCUT2D eigenvalue weighted by Gasteiger charge is -2.13. The van der Waals surface area contributed by atoms with Gasteiger partial charge in [-0.25, -0.2) is 0 Å². The molecule has 1 aliphatic heterocycles. The van der Waals surface area contributed by atoms with Gasteiger partial charge in [0.1, 0.15) is 5.75 Å². The molecule has 2 aromatic rings. The van der Waals surface area contributed by atoms with Crippen LogP contribution < -0.4 is 10.1 Å². The molecule has 20 heavy (non-hydrogen) atoms. The number of fused-ring (bicyclic) bond motifs is 1. The standard InChI is InChI=1S/C16H17NO3/c1-11(17-16(18)15-3-2-7-19-15)9-12-4-5-14-13(10-12)6-8-20-14/h2-5,7,10-11H,6,8-9H2,1H3,(H,17,18)/t11-/m0/s1. The zero-order chi connectivity index (χ0) is 13.9. The highest BCUT2D eigenvalue weighted by Gasteiger charge is 2.15. The maximum atomic E-state index is 11.9. The van der Waals surface area contributed by atoms with E-state index in [0.29, 0.717) is 5.76 Å². The molecule has 0 aliphatic carbocycles. The molecule has 1 aliphatic rings. The van der Waals surface area contributed by atoms with Crippen LogP contribution in [0.2, 0.25) is 0 Å². The zero-order valence-electron chi connectivity index (χ0n) is 11.4. The normalized spacial score (nSPS) is 14.4. The van der Waals surface area contributed by atoms with Crippen molar-refractivity contribution in [3.05, 3.63) is 53.5 Å². The fourth-order valence-corrected chi connectivity index (χ4v) is 2.47. The molecule has 4 heteroatoms. The summed E-state index contributed by atoms with van der Waals surface area (Å²) in [4.78, 5) is 11.9. The molecular formula is C16H17NO3. The van der Waals surface area contributed by atoms with Gasteiger partial charge in [0.15, 0.2) is 5.76 Å². The fraction of sp³-hybridized carbons (Fsp3) is 0.312. The number of ether oxygens (including phenoxy) is 1. The Morgan fingerprint density at radius 3 is 3.10 bits per heavy atom. The molecule has 1 aromatic heterocycles. The van der Waals surface area contributed by atoms with Crippen LogP contribution in [0.1, 0.15) is 28.6 Å². The average molecular weight is 271 g/mol. The van der Waals surface area contributed by atoms with Crippen LogP contribution in [0.4, 0.5) is 0 Å². The number of amides is 1. The van der Waals surface area contributed by atoms with Crippen LogP contribution in [-0.4, -0.2) is 18.6 Å². The molecule has 3 rings (SSSR count). The predicted octanol–water partition coefficient (Wildman–Crippen LogP) is 2.58. The summed E-state index contributed by atoms with van der Waals surface area (Å²) in [7, 11) is 0. The van der Waals surface area contributed by atoms with E-state index in [-0.39, 0.29) is 11.9 Å². The highest BCUT2D eigenvalue weighted by molar-refractivity contribution is 5.91. The summed E-state index contributed by atoms with van der Waals surface area (Å²) in [6.07, 6.45) is 3.26. The zero-order valence-corrected chi connectivity index (χ0v) is 11.4. The van der Waals surface area contributed by atoms with Gasteiger partial charge in [-0.3, -0.25) is 4.79 Å². The molecule has 0 saturated carbocycles. The van der Waals surface area contributed by atoms with Crippen molar-refractivity contribution in [2.45, 2.75) is 25.8 Å². The quantitative estimate of drug-likeness (QED) is 0.929. The summed E-state index contributed by atoms with van der Waals surface area (Å²) < 4.78 is 10.6. The Hall–Kier alpha value is -2.23. The predicted molar refractivity (Wildman–Crippen MR) is 75.0 cm³/mol. The van der Waals surface area contributed by atoms with Crippen LogP contribution in [0.25, 0.3) is 0 Å². The minimum atomic E-state index is -0.174. The SMILES string of the molecule is C[C@@H](Cc1ccc2c(c1)CCO2)NC(=O)c1ccco1. The largest absolute Gasteiger partial charge is 0.493 e. The van der Waals surface area contributed by atoms with Gasteiger partial charge in [-0.1, -0.05) is 12.1 Å². The van der Waals surface area contributed by atoms with E-state index in [9.17, 15) is 4.79 Å². The topological polar surface area (TPSA) is 51.5 Å². The van der Waals surface area contributed by atoms with Crippen LogP contribution in [0.15, 0.2) is 41.0 Å². The van der Waals surface area contributed by atoms with Gasteiger partial charge in [0.05, 0.1) is 12.9 Å². The fourth-order valence-electron chi connectivity index (χ4n) is 2.47. The lowest BCUT2D eigenvalue weighted by Crippen LogP contribution is -2.33. The minimum absolute atomic E-state index is 0.0490. The molecule has 104 valence electrons. The van der Waals surface area contributed by atoms with E-state index < -0.39 is 0 Å². The minimum Gasteiger partial charge on any atom is -0.493 e. The van der Waals surface area contributed by atoms with E-state index in [0.717, 1.165) is 25.2 Å². The maximum absolute atomic E-state index is 11.9. The van der Waals surface area contributed by atoms with Crippen LogP contribution in [-0.2, 0) is 12.8 Å². The van der Waals surface area contributed by atoms with Crippen molar-refractivity contribution in [1.82, 2.24) is 5.32 Å². The molecule has 2 heterocycles. The molecule has 0 fully saturated rings. The second-order valence-electron chi connectivity index (χ2n) is 5.10. The Morgan fingerprint density at radius 1 is 1.40 bits per heavy atom. The first-order valence-corrected chi connectivity index (χ1v) is 6.81. The first-order chi connectivity index (χ1) is 9.72. The molecule has 1 amide bonds. The monoisotopic (exact) mass is 271 g/mol. The number of rotatable bonds is 4. The number of furan rings is 1. The van der Waals surface area contributed by atoms with Gasteiger partial charge in [0, 0.05) is 12.5 Å². The van der Waals surface area contributed by atoms with Gasteiger partial charge in [0.25, 0.3) is 5.91 Å². The lowest BCUT2D eigenvalue weighted by molar-refractivity contribution is 0.0912. The first-order valence-electron chi connectivity index (χ1n) is 6.81. The summed E-state index contributed by atoms with van der Waals surface area (Å²) in [5.41, 5.74) is 2.47. The average Bonchev–Trinajstić information content (AvgIpc) is 3.09. The summed E-state index contributed by atoms with van der Waals surface area (Å²) in [6, 6.07) is 9.65. The molecule has 0 radical (unpaired) electrons. The molecule has 0 spiro atoms. The molecule has 0 bridgehead atoms. The summed E-state index contributed by atoms with van der Waals surface area (Å²) in [5.74, 6) is 1.16. The van der Waals surface area contributed by atoms with E-state index in [1.165, 1.54) is 17.4 Å². The molecule has 4 nitrogen and oxygen atoms in total. The van der Waals surface area contributed by atoms with E-state index in [4.69, 9.17) is 9.15 Å². The molecule has 1 N–H and O–H groups in total.